The molecule has 1 amide bonds. The number of aliphatic carboxylic acids is 1. The molecule has 2 N–H and O–H groups in total. The molecule has 1 unspecified atom stereocenters. The van der Waals surface area contributed by atoms with Gasteiger partial charge in [-0.05, 0) is 23.3 Å². The van der Waals surface area contributed by atoms with Crippen LogP contribution in [0.5, 0.6) is 5.75 Å². The topological polar surface area (TPSA) is 100 Å². The summed E-state index contributed by atoms with van der Waals surface area (Å²) in [5, 5.41) is 18.6. The molecule has 0 spiro atoms. The van der Waals surface area contributed by atoms with Crippen LogP contribution < -0.4 is 10.1 Å². The van der Waals surface area contributed by atoms with E-state index in [1.165, 1.54) is 18.3 Å². The van der Waals surface area contributed by atoms with Crippen LogP contribution in [0.2, 0.25) is 0 Å². The van der Waals surface area contributed by atoms with Crippen LogP contribution in [0.25, 0.3) is 0 Å². The van der Waals surface area contributed by atoms with Gasteiger partial charge in [0.1, 0.15) is 23.4 Å². The van der Waals surface area contributed by atoms with Gasteiger partial charge in [-0.2, -0.15) is 5.10 Å². The third-order valence-corrected chi connectivity index (χ3v) is 4.75. The van der Waals surface area contributed by atoms with E-state index in [-0.39, 0.29) is 23.3 Å². The SMILES string of the molecule is O=C(O)CC1SC(=NN=Cc2ccc(COc3cccc(F)c3)cc2)NC1=O. The van der Waals surface area contributed by atoms with Crippen molar-refractivity contribution in [3.05, 3.63) is 65.5 Å². The molecular formula is C19H16FN3O4S. The van der Waals surface area contributed by atoms with Crippen molar-refractivity contribution < 1.29 is 23.8 Å². The Bertz CT molecular complexity index is 931. The predicted octanol–water partition coefficient (Wildman–Crippen LogP) is 2.80. The molecule has 1 heterocycles. The van der Waals surface area contributed by atoms with Gasteiger partial charge in [-0.1, -0.05) is 42.1 Å². The number of carbonyl (C=O) groups is 2. The highest BCUT2D eigenvalue weighted by atomic mass is 32.2. The minimum Gasteiger partial charge on any atom is -0.489 e. The molecule has 3 rings (SSSR count). The molecular weight excluding hydrogens is 385 g/mol. The fraction of sp³-hybridized carbons (Fsp3) is 0.158. The lowest BCUT2D eigenvalue weighted by Gasteiger charge is -2.06. The van der Waals surface area contributed by atoms with E-state index in [9.17, 15) is 14.0 Å². The van der Waals surface area contributed by atoms with Crippen molar-refractivity contribution in [3.8, 4) is 5.75 Å². The van der Waals surface area contributed by atoms with E-state index in [1.54, 1.807) is 12.1 Å². The lowest BCUT2D eigenvalue weighted by molar-refractivity contribution is -0.138. The van der Waals surface area contributed by atoms with Crippen molar-refractivity contribution in [1.29, 1.82) is 0 Å². The average Bonchev–Trinajstić information content (AvgIpc) is 3.00. The first-order valence-corrected chi connectivity index (χ1v) is 9.15. The van der Waals surface area contributed by atoms with Crippen LogP contribution in [0.4, 0.5) is 4.39 Å². The standard InChI is InChI=1S/C19H16FN3O4S/c20-14-2-1-3-15(8-14)27-11-13-6-4-12(5-7-13)10-21-23-19-22-18(26)16(28-19)9-17(24)25/h1-8,10,16H,9,11H2,(H,24,25)(H,22,23,26). The Balaban J connectivity index is 1.52. The zero-order valence-electron chi connectivity index (χ0n) is 14.5. The minimum absolute atomic E-state index is 0.265. The second-order valence-electron chi connectivity index (χ2n) is 5.83. The quantitative estimate of drug-likeness (QED) is 0.549. The van der Waals surface area contributed by atoms with Gasteiger partial charge in [0, 0.05) is 6.07 Å². The number of hydrogen-bond acceptors (Lipinski definition) is 6. The Morgan fingerprint density at radius 1 is 1.29 bits per heavy atom. The first kappa shape index (κ1) is 19.6. The molecule has 2 aromatic rings. The summed E-state index contributed by atoms with van der Waals surface area (Å²) < 4.78 is 18.6. The second kappa shape index (κ2) is 9.14. The average molecular weight is 401 g/mol. The van der Waals surface area contributed by atoms with Gasteiger partial charge in [0.15, 0.2) is 5.17 Å². The van der Waals surface area contributed by atoms with E-state index in [1.807, 2.05) is 24.3 Å². The van der Waals surface area contributed by atoms with Crippen molar-refractivity contribution in [2.75, 3.05) is 0 Å². The molecule has 0 radical (unpaired) electrons. The lowest BCUT2D eigenvalue weighted by atomic mass is 10.1. The minimum atomic E-state index is -1.04. The third kappa shape index (κ3) is 5.65. The van der Waals surface area contributed by atoms with Crippen LogP contribution in [0.1, 0.15) is 17.5 Å². The van der Waals surface area contributed by atoms with Gasteiger partial charge in [-0.25, -0.2) is 4.39 Å². The normalized spacial score (nSPS) is 17.8. The van der Waals surface area contributed by atoms with E-state index >= 15 is 0 Å². The van der Waals surface area contributed by atoms with Crippen molar-refractivity contribution in [3.63, 3.8) is 0 Å². The monoisotopic (exact) mass is 401 g/mol. The third-order valence-electron chi connectivity index (χ3n) is 3.67. The Hall–Kier alpha value is -3.20. The van der Waals surface area contributed by atoms with Crippen LogP contribution in [0.3, 0.4) is 0 Å². The molecule has 0 saturated carbocycles. The van der Waals surface area contributed by atoms with Gasteiger partial charge in [0.25, 0.3) is 0 Å². The highest BCUT2D eigenvalue weighted by molar-refractivity contribution is 8.15. The van der Waals surface area contributed by atoms with Crippen molar-refractivity contribution in [1.82, 2.24) is 5.32 Å². The zero-order chi connectivity index (χ0) is 19.9. The van der Waals surface area contributed by atoms with Crippen molar-refractivity contribution in [2.45, 2.75) is 18.3 Å². The van der Waals surface area contributed by atoms with Gasteiger partial charge in [-0.3, -0.25) is 9.59 Å². The molecule has 144 valence electrons. The van der Waals surface area contributed by atoms with E-state index in [0.717, 1.165) is 22.9 Å². The summed E-state index contributed by atoms with van der Waals surface area (Å²) in [5.41, 5.74) is 1.69. The molecule has 1 aliphatic heterocycles. The zero-order valence-corrected chi connectivity index (χ0v) is 15.4. The maximum Gasteiger partial charge on any atom is 0.305 e. The Morgan fingerprint density at radius 2 is 2.07 bits per heavy atom. The number of hydrogen-bond donors (Lipinski definition) is 2. The van der Waals surface area contributed by atoms with Gasteiger partial charge in [0.2, 0.25) is 5.91 Å². The number of nitrogens with zero attached hydrogens (tertiary/aromatic N) is 2. The second-order valence-corrected chi connectivity index (χ2v) is 7.02. The van der Waals surface area contributed by atoms with Gasteiger partial charge >= 0.3 is 5.97 Å². The van der Waals surface area contributed by atoms with E-state index < -0.39 is 11.2 Å². The van der Waals surface area contributed by atoms with E-state index in [0.29, 0.717) is 12.4 Å². The number of benzene rings is 2. The Morgan fingerprint density at radius 3 is 2.79 bits per heavy atom. The number of carboxylic acids is 1. The predicted molar refractivity (Wildman–Crippen MR) is 104 cm³/mol. The van der Waals surface area contributed by atoms with E-state index in [2.05, 4.69) is 15.5 Å². The van der Waals surface area contributed by atoms with Gasteiger partial charge < -0.3 is 15.2 Å². The van der Waals surface area contributed by atoms with E-state index in [4.69, 9.17) is 9.84 Å². The Labute approximate surface area is 164 Å². The maximum absolute atomic E-state index is 13.1. The highest BCUT2D eigenvalue weighted by Crippen LogP contribution is 2.22. The fourth-order valence-electron chi connectivity index (χ4n) is 2.32. The maximum atomic E-state index is 13.1. The number of halogens is 1. The van der Waals surface area contributed by atoms with Crippen LogP contribution in [-0.2, 0) is 16.2 Å². The summed E-state index contributed by atoms with van der Waals surface area (Å²) >= 11 is 1.04. The smallest absolute Gasteiger partial charge is 0.305 e. The van der Waals surface area contributed by atoms with Crippen LogP contribution in [0, 0.1) is 5.82 Å². The van der Waals surface area contributed by atoms with Crippen LogP contribution in [-0.4, -0.2) is 33.6 Å². The van der Waals surface area contributed by atoms with Gasteiger partial charge in [0.05, 0.1) is 12.6 Å². The fourth-order valence-corrected chi connectivity index (χ4v) is 3.23. The summed E-state index contributed by atoms with van der Waals surface area (Å²) in [4.78, 5) is 22.3. The number of carbonyl (C=O) groups excluding carboxylic acids is 1. The van der Waals surface area contributed by atoms with Gasteiger partial charge in [-0.15, -0.1) is 5.10 Å². The number of amides is 1. The van der Waals surface area contributed by atoms with Crippen LogP contribution in [0.15, 0.2) is 58.7 Å². The molecule has 1 fully saturated rings. The van der Waals surface area contributed by atoms with Crippen LogP contribution >= 0.6 is 11.8 Å². The number of rotatable bonds is 7. The molecule has 1 atom stereocenters. The molecule has 28 heavy (non-hydrogen) atoms. The Kier molecular flexibility index (Phi) is 6.38. The molecule has 2 aromatic carbocycles. The number of nitrogens with one attached hydrogen (secondary N) is 1. The molecule has 0 aliphatic carbocycles. The summed E-state index contributed by atoms with van der Waals surface area (Å²) in [6.07, 6.45) is 1.25. The summed E-state index contributed by atoms with van der Waals surface area (Å²) in [6, 6.07) is 13.3. The summed E-state index contributed by atoms with van der Waals surface area (Å²) in [5.74, 6) is -1.32. The number of amidine groups is 1. The molecule has 1 saturated heterocycles. The largest absolute Gasteiger partial charge is 0.489 e. The number of ether oxygens (including phenoxy) is 1. The molecule has 1 aliphatic rings. The molecule has 9 heteroatoms. The molecule has 0 aromatic heterocycles. The van der Waals surface area contributed by atoms with Crippen molar-refractivity contribution >= 4 is 35.0 Å². The van der Waals surface area contributed by atoms with Crippen molar-refractivity contribution in [2.24, 2.45) is 10.2 Å². The summed E-state index contributed by atoms with van der Waals surface area (Å²) in [7, 11) is 0. The molecule has 0 bridgehead atoms. The molecule has 7 nitrogen and oxygen atoms in total. The lowest BCUT2D eigenvalue weighted by Crippen LogP contribution is -2.26. The number of carboxylic acid groups (broad SMARTS) is 1. The first-order valence-electron chi connectivity index (χ1n) is 8.27. The number of thioether (sulfide) groups is 1. The highest BCUT2D eigenvalue weighted by Gasteiger charge is 2.32. The first-order chi connectivity index (χ1) is 13.5. The summed E-state index contributed by atoms with van der Waals surface area (Å²) in [6.45, 7) is 0.302.